The first kappa shape index (κ1) is 19.6. The van der Waals surface area contributed by atoms with Crippen LogP contribution in [0, 0.1) is 0 Å². The summed E-state index contributed by atoms with van der Waals surface area (Å²) in [7, 11) is 0. The molecule has 5 nitrogen and oxygen atoms in total. The molecule has 4 aromatic rings. The summed E-state index contributed by atoms with van der Waals surface area (Å²) in [5.74, 6) is 1.22. The van der Waals surface area contributed by atoms with E-state index in [9.17, 15) is 4.79 Å². The van der Waals surface area contributed by atoms with Gasteiger partial charge in [-0.3, -0.25) is 4.79 Å². The molecule has 1 N–H and O–H groups in total. The number of anilines is 1. The van der Waals surface area contributed by atoms with Gasteiger partial charge in [-0.1, -0.05) is 73.6 Å². The van der Waals surface area contributed by atoms with E-state index < -0.39 is 0 Å². The zero-order valence-corrected chi connectivity index (χ0v) is 17.0. The fourth-order valence-corrected chi connectivity index (χ4v) is 3.21. The van der Waals surface area contributed by atoms with Crippen molar-refractivity contribution < 1.29 is 9.32 Å². The van der Waals surface area contributed by atoms with Crippen molar-refractivity contribution in [2.75, 3.05) is 5.32 Å². The van der Waals surface area contributed by atoms with Gasteiger partial charge in [0.15, 0.2) is 5.82 Å². The van der Waals surface area contributed by atoms with E-state index in [1.54, 1.807) is 0 Å². The second kappa shape index (κ2) is 8.74. The highest BCUT2D eigenvalue weighted by molar-refractivity contribution is 6.06. The number of aromatic nitrogens is 2. The molecule has 4 rings (SSSR count). The average molecular weight is 397 g/mol. The first-order chi connectivity index (χ1) is 14.6. The van der Waals surface area contributed by atoms with Crippen molar-refractivity contribution in [3.05, 3.63) is 101 Å². The van der Waals surface area contributed by atoms with Crippen LogP contribution < -0.4 is 5.32 Å². The van der Waals surface area contributed by atoms with Gasteiger partial charge < -0.3 is 9.84 Å². The molecule has 0 saturated carbocycles. The molecule has 0 atom stereocenters. The van der Waals surface area contributed by atoms with Crippen LogP contribution in [0.4, 0.5) is 5.69 Å². The fourth-order valence-electron chi connectivity index (χ4n) is 3.21. The van der Waals surface area contributed by atoms with Crippen LogP contribution >= 0.6 is 0 Å². The molecular formula is C25H23N3O2. The van der Waals surface area contributed by atoms with Crippen LogP contribution in [0.5, 0.6) is 0 Å². The maximum atomic E-state index is 12.7. The van der Waals surface area contributed by atoms with Gasteiger partial charge in [0, 0.05) is 12.0 Å². The van der Waals surface area contributed by atoms with Gasteiger partial charge in [-0.2, -0.15) is 4.98 Å². The number of nitrogens with one attached hydrogen (secondary N) is 1. The Morgan fingerprint density at radius 1 is 0.933 bits per heavy atom. The maximum absolute atomic E-state index is 12.7. The van der Waals surface area contributed by atoms with Crippen LogP contribution in [0.2, 0.25) is 0 Å². The normalized spacial score (nSPS) is 10.9. The lowest BCUT2D eigenvalue weighted by molar-refractivity contribution is 0.102. The smallest absolute Gasteiger partial charge is 0.260 e. The van der Waals surface area contributed by atoms with Crippen molar-refractivity contribution in [1.29, 1.82) is 0 Å². The summed E-state index contributed by atoms with van der Waals surface area (Å²) in [6, 6.07) is 25.1. The second-order valence-corrected chi connectivity index (χ2v) is 7.45. The highest BCUT2D eigenvalue weighted by atomic mass is 16.5. The number of rotatable bonds is 6. The summed E-state index contributed by atoms with van der Waals surface area (Å²) >= 11 is 0. The minimum Gasteiger partial charge on any atom is -0.334 e. The molecule has 150 valence electrons. The highest BCUT2D eigenvalue weighted by Crippen LogP contribution is 2.27. The SMILES string of the molecule is CC(C)c1ccc(C(=O)Nc2ccccc2-c2nc(Cc3ccccc3)no2)cc1. The highest BCUT2D eigenvalue weighted by Gasteiger charge is 2.15. The van der Waals surface area contributed by atoms with Crippen molar-refractivity contribution >= 4 is 11.6 Å². The Morgan fingerprint density at radius 3 is 2.37 bits per heavy atom. The second-order valence-electron chi connectivity index (χ2n) is 7.45. The van der Waals surface area contributed by atoms with E-state index in [0.29, 0.717) is 40.9 Å². The van der Waals surface area contributed by atoms with Gasteiger partial charge in [-0.25, -0.2) is 0 Å². The van der Waals surface area contributed by atoms with Crippen molar-refractivity contribution in [3.63, 3.8) is 0 Å². The maximum Gasteiger partial charge on any atom is 0.260 e. The van der Waals surface area contributed by atoms with E-state index in [-0.39, 0.29) is 5.91 Å². The Balaban J connectivity index is 1.53. The van der Waals surface area contributed by atoms with Crippen LogP contribution in [-0.4, -0.2) is 16.0 Å². The first-order valence-corrected chi connectivity index (χ1v) is 9.97. The molecule has 0 radical (unpaired) electrons. The average Bonchev–Trinajstić information content (AvgIpc) is 3.23. The first-order valence-electron chi connectivity index (χ1n) is 9.97. The summed E-state index contributed by atoms with van der Waals surface area (Å²) in [5, 5.41) is 7.06. The lowest BCUT2D eigenvalue weighted by atomic mass is 10.0. The Morgan fingerprint density at radius 2 is 1.63 bits per heavy atom. The Bertz CT molecular complexity index is 1130. The van der Waals surface area contributed by atoms with Gasteiger partial charge in [0.2, 0.25) is 0 Å². The molecule has 5 heteroatoms. The third-order valence-electron chi connectivity index (χ3n) is 4.92. The van der Waals surface area contributed by atoms with Crippen LogP contribution in [-0.2, 0) is 6.42 Å². The summed E-state index contributed by atoms with van der Waals surface area (Å²) in [4.78, 5) is 17.3. The van der Waals surface area contributed by atoms with E-state index in [4.69, 9.17) is 4.52 Å². The van der Waals surface area contributed by atoms with E-state index >= 15 is 0 Å². The third-order valence-corrected chi connectivity index (χ3v) is 4.92. The molecular weight excluding hydrogens is 374 g/mol. The van der Waals surface area contributed by atoms with E-state index in [2.05, 4.69) is 29.3 Å². The van der Waals surface area contributed by atoms with Crippen molar-refractivity contribution in [2.24, 2.45) is 0 Å². The zero-order chi connectivity index (χ0) is 20.9. The third kappa shape index (κ3) is 4.46. The quantitative estimate of drug-likeness (QED) is 0.453. The number of benzene rings is 3. The zero-order valence-electron chi connectivity index (χ0n) is 17.0. The number of nitrogens with zero attached hydrogens (tertiary/aromatic N) is 2. The number of hydrogen-bond acceptors (Lipinski definition) is 4. The molecule has 0 unspecified atom stereocenters. The molecule has 0 aliphatic rings. The molecule has 3 aromatic carbocycles. The topological polar surface area (TPSA) is 68.0 Å². The lowest BCUT2D eigenvalue weighted by Gasteiger charge is -2.10. The van der Waals surface area contributed by atoms with E-state index in [0.717, 1.165) is 5.56 Å². The minimum absolute atomic E-state index is 0.179. The number of carbonyl (C=O) groups is 1. The minimum atomic E-state index is -0.179. The monoisotopic (exact) mass is 397 g/mol. The molecule has 0 saturated heterocycles. The van der Waals surface area contributed by atoms with Gasteiger partial charge in [0.25, 0.3) is 11.8 Å². The molecule has 30 heavy (non-hydrogen) atoms. The molecule has 0 spiro atoms. The molecule has 1 heterocycles. The Hall–Kier alpha value is -3.73. The van der Waals surface area contributed by atoms with Crippen LogP contribution in [0.1, 0.15) is 47.1 Å². The van der Waals surface area contributed by atoms with Gasteiger partial charge in [-0.15, -0.1) is 0 Å². The standard InChI is InChI=1S/C25H23N3O2/c1-17(2)19-12-14-20(15-13-19)24(29)26-22-11-7-6-10-21(22)25-27-23(28-30-25)16-18-8-4-3-5-9-18/h3-15,17H,16H2,1-2H3,(H,26,29). The summed E-state index contributed by atoms with van der Waals surface area (Å²) < 4.78 is 5.48. The summed E-state index contributed by atoms with van der Waals surface area (Å²) in [6.45, 7) is 4.25. The van der Waals surface area contributed by atoms with Crippen LogP contribution in [0.15, 0.2) is 83.4 Å². The molecule has 0 bridgehead atoms. The lowest BCUT2D eigenvalue weighted by Crippen LogP contribution is -2.12. The van der Waals surface area contributed by atoms with Crippen molar-refractivity contribution in [1.82, 2.24) is 10.1 Å². The fraction of sp³-hybridized carbons (Fsp3) is 0.160. The van der Waals surface area contributed by atoms with E-state index in [1.807, 2.05) is 78.9 Å². The molecule has 0 fully saturated rings. The largest absolute Gasteiger partial charge is 0.334 e. The predicted octanol–water partition coefficient (Wildman–Crippen LogP) is 5.70. The molecule has 0 aliphatic heterocycles. The van der Waals surface area contributed by atoms with Crippen molar-refractivity contribution in [2.45, 2.75) is 26.2 Å². The predicted molar refractivity (Wildman–Crippen MR) is 117 cm³/mol. The van der Waals surface area contributed by atoms with Crippen LogP contribution in [0.3, 0.4) is 0 Å². The molecule has 0 aliphatic carbocycles. The molecule has 1 amide bonds. The van der Waals surface area contributed by atoms with E-state index in [1.165, 1.54) is 5.56 Å². The number of carbonyl (C=O) groups excluding carboxylic acids is 1. The summed E-state index contributed by atoms with van der Waals surface area (Å²) in [6.07, 6.45) is 0.584. The van der Waals surface area contributed by atoms with Gasteiger partial charge >= 0.3 is 0 Å². The summed E-state index contributed by atoms with van der Waals surface area (Å²) in [5.41, 5.74) is 4.23. The number of para-hydroxylation sites is 1. The van der Waals surface area contributed by atoms with Crippen LogP contribution in [0.25, 0.3) is 11.5 Å². The number of amides is 1. The number of hydrogen-bond donors (Lipinski definition) is 1. The Kier molecular flexibility index (Phi) is 5.70. The van der Waals surface area contributed by atoms with Gasteiger partial charge in [-0.05, 0) is 41.3 Å². The Labute approximate surface area is 175 Å². The molecule has 1 aromatic heterocycles. The van der Waals surface area contributed by atoms with Gasteiger partial charge in [0.1, 0.15) is 0 Å². The van der Waals surface area contributed by atoms with Crippen molar-refractivity contribution in [3.8, 4) is 11.5 Å². The van der Waals surface area contributed by atoms with Gasteiger partial charge in [0.05, 0.1) is 11.3 Å².